The third kappa shape index (κ3) is 4.77. The number of hydrogen-bond acceptors (Lipinski definition) is 5. The summed E-state index contributed by atoms with van der Waals surface area (Å²) in [7, 11) is 0. The molecule has 0 saturated carbocycles. The molecule has 166 valence electrons. The number of anilines is 2. The molecule has 3 heterocycles. The van der Waals surface area contributed by atoms with Crippen molar-refractivity contribution in [3.63, 3.8) is 0 Å². The number of nitrogens with two attached hydrogens (primary N) is 1. The molecule has 2 fully saturated rings. The van der Waals surface area contributed by atoms with Gasteiger partial charge in [-0.25, -0.2) is 9.37 Å². The zero-order chi connectivity index (χ0) is 22.3. The predicted octanol–water partition coefficient (Wildman–Crippen LogP) is 5.09. The van der Waals surface area contributed by atoms with Gasteiger partial charge in [0.15, 0.2) is 0 Å². The summed E-state index contributed by atoms with van der Waals surface area (Å²) < 4.78 is 13.4. The van der Waals surface area contributed by atoms with Crippen LogP contribution < -0.4 is 10.6 Å². The van der Waals surface area contributed by atoms with Gasteiger partial charge in [0.25, 0.3) is 5.91 Å². The minimum atomic E-state index is -0.446. The minimum absolute atomic E-state index is 0.150. The molecule has 2 aromatic rings. The van der Waals surface area contributed by atoms with Crippen LogP contribution in [0.15, 0.2) is 35.4 Å². The number of pyridine rings is 1. The third-order valence-corrected chi connectivity index (χ3v) is 7.63. The summed E-state index contributed by atoms with van der Waals surface area (Å²) in [4.78, 5) is 22.8. The first-order chi connectivity index (χ1) is 14.6. The molecule has 2 saturated heterocycles. The molecule has 2 bridgehead atoms. The van der Waals surface area contributed by atoms with E-state index in [1.807, 2.05) is 11.1 Å². The average Bonchev–Trinajstić information content (AvgIpc) is 2.95. The van der Waals surface area contributed by atoms with E-state index in [0.29, 0.717) is 24.5 Å². The lowest BCUT2D eigenvalue weighted by Crippen LogP contribution is -2.55. The summed E-state index contributed by atoms with van der Waals surface area (Å²) >= 11 is 7.92. The van der Waals surface area contributed by atoms with Crippen LogP contribution in [0.2, 0.25) is 5.02 Å². The first-order valence-corrected chi connectivity index (χ1v) is 11.9. The fourth-order valence-corrected chi connectivity index (χ4v) is 5.50. The Balaban J connectivity index is 1.53. The van der Waals surface area contributed by atoms with Gasteiger partial charge in [-0.15, -0.1) is 11.8 Å². The molecule has 1 aromatic heterocycles. The van der Waals surface area contributed by atoms with E-state index in [4.69, 9.17) is 17.3 Å². The number of thioether (sulfide) groups is 1. The summed E-state index contributed by atoms with van der Waals surface area (Å²) in [5.74, 6) is 0.921. The summed E-state index contributed by atoms with van der Waals surface area (Å²) in [5, 5.41) is 0.150. The molecule has 0 radical (unpaired) electrons. The number of aromatic nitrogens is 1. The summed E-state index contributed by atoms with van der Waals surface area (Å²) in [6.45, 7) is 7.82. The van der Waals surface area contributed by atoms with Gasteiger partial charge < -0.3 is 15.5 Å². The van der Waals surface area contributed by atoms with E-state index in [2.05, 4.69) is 36.7 Å². The van der Waals surface area contributed by atoms with Crippen molar-refractivity contribution in [2.45, 2.75) is 50.6 Å². The molecule has 2 aliphatic heterocycles. The Labute approximate surface area is 192 Å². The first kappa shape index (κ1) is 22.2. The number of rotatable bonds is 4. The number of carbonyl (C=O) groups is 1. The lowest BCUT2D eigenvalue weighted by molar-refractivity contribution is 0.0718. The van der Waals surface area contributed by atoms with Crippen LogP contribution in [-0.2, 0) is 0 Å². The van der Waals surface area contributed by atoms with Crippen LogP contribution in [0.1, 0.15) is 44.0 Å². The van der Waals surface area contributed by atoms with Crippen LogP contribution in [-0.4, -0.2) is 46.7 Å². The van der Waals surface area contributed by atoms with Gasteiger partial charge in [-0.05, 0) is 42.5 Å². The molecule has 1 aromatic carbocycles. The predicted molar refractivity (Wildman–Crippen MR) is 125 cm³/mol. The highest BCUT2D eigenvalue weighted by Gasteiger charge is 2.42. The van der Waals surface area contributed by atoms with Gasteiger partial charge in [0, 0.05) is 42.0 Å². The Morgan fingerprint density at radius 2 is 1.94 bits per heavy atom. The second kappa shape index (κ2) is 8.51. The van der Waals surface area contributed by atoms with E-state index in [1.54, 1.807) is 11.8 Å². The number of benzene rings is 1. The number of halogens is 2. The van der Waals surface area contributed by atoms with Crippen LogP contribution in [0.4, 0.5) is 15.9 Å². The van der Waals surface area contributed by atoms with E-state index < -0.39 is 5.82 Å². The Kier molecular flexibility index (Phi) is 6.10. The van der Waals surface area contributed by atoms with Crippen LogP contribution >= 0.6 is 23.4 Å². The summed E-state index contributed by atoms with van der Waals surface area (Å²) in [6.07, 6.45) is 3.82. The van der Waals surface area contributed by atoms with Crippen molar-refractivity contribution >= 4 is 40.8 Å². The maximum atomic E-state index is 13.4. The lowest BCUT2D eigenvalue weighted by atomic mass is 10.0. The Morgan fingerprint density at radius 3 is 2.55 bits per heavy atom. The van der Waals surface area contributed by atoms with Crippen molar-refractivity contribution in [1.82, 2.24) is 9.88 Å². The molecule has 0 aliphatic carbocycles. The molecule has 1 amide bonds. The first-order valence-electron chi connectivity index (χ1n) is 10.5. The smallest absolute Gasteiger partial charge is 0.255 e. The largest absolute Gasteiger partial charge is 0.382 e. The molecule has 5 nitrogen and oxygen atoms in total. The molecule has 31 heavy (non-hydrogen) atoms. The fourth-order valence-electron chi connectivity index (χ4n) is 4.33. The molecule has 8 heteroatoms. The van der Waals surface area contributed by atoms with E-state index in [-0.39, 0.29) is 28.4 Å². The van der Waals surface area contributed by atoms with Gasteiger partial charge in [-0.1, -0.05) is 32.4 Å². The van der Waals surface area contributed by atoms with E-state index in [1.165, 1.54) is 18.2 Å². The molecule has 2 atom stereocenters. The van der Waals surface area contributed by atoms with Crippen molar-refractivity contribution in [2.24, 2.45) is 5.41 Å². The summed E-state index contributed by atoms with van der Waals surface area (Å²) in [5.41, 5.74) is 7.80. The zero-order valence-electron chi connectivity index (χ0n) is 18.1. The zero-order valence-corrected chi connectivity index (χ0v) is 19.6. The van der Waals surface area contributed by atoms with Crippen molar-refractivity contribution in [3.8, 4) is 0 Å². The van der Waals surface area contributed by atoms with Gasteiger partial charge in [0.2, 0.25) is 0 Å². The lowest BCUT2D eigenvalue weighted by Gasteiger charge is -2.42. The number of fused-ring (bicyclic) bond motifs is 2. The van der Waals surface area contributed by atoms with Crippen LogP contribution in [0.25, 0.3) is 0 Å². The highest BCUT2D eigenvalue weighted by Crippen LogP contribution is 2.40. The maximum absolute atomic E-state index is 13.4. The quantitative estimate of drug-likeness (QED) is 0.641. The van der Waals surface area contributed by atoms with Gasteiger partial charge in [0.05, 0.1) is 16.3 Å². The standard InChI is InChI=1S/C23H28ClFN4OS/c1-23(2,3)13-31-17-9-20(21(26)27-10-17)29-15-5-6-16(29)12-28(11-15)22(30)18-7-4-14(25)8-19(18)24/h4,7-10,15-16H,5-6,11-13H2,1-3H3,(H2,26,27). The summed E-state index contributed by atoms with van der Waals surface area (Å²) in [6, 6.07) is 6.41. The van der Waals surface area contributed by atoms with Gasteiger partial charge in [0.1, 0.15) is 11.6 Å². The van der Waals surface area contributed by atoms with Crippen LogP contribution in [0.3, 0.4) is 0 Å². The van der Waals surface area contributed by atoms with Crippen LogP contribution in [0, 0.1) is 11.2 Å². The van der Waals surface area contributed by atoms with Gasteiger partial charge in [-0.2, -0.15) is 0 Å². The molecule has 2 unspecified atom stereocenters. The second-order valence-electron chi connectivity index (χ2n) is 9.55. The normalized spacial score (nSPS) is 20.9. The van der Waals surface area contributed by atoms with E-state index in [9.17, 15) is 9.18 Å². The Morgan fingerprint density at radius 1 is 1.26 bits per heavy atom. The maximum Gasteiger partial charge on any atom is 0.255 e. The monoisotopic (exact) mass is 462 g/mol. The molecular weight excluding hydrogens is 435 g/mol. The number of amides is 1. The number of hydrogen-bond donors (Lipinski definition) is 1. The van der Waals surface area contributed by atoms with Crippen molar-refractivity contribution < 1.29 is 9.18 Å². The number of nitrogen functional groups attached to an aromatic ring is 1. The topological polar surface area (TPSA) is 62.5 Å². The number of carbonyl (C=O) groups excluding carboxylic acids is 1. The van der Waals surface area contributed by atoms with Crippen molar-refractivity contribution in [2.75, 3.05) is 29.5 Å². The molecular formula is C23H28ClFN4OS. The number of nitrogens with zero attached hydrogens (tertiary/aromatic N) is 3. The number of likely N-dealkylation sites (tertiary alicyclic amines) is 1. The van der Waals surface area contributed by atoms with Crippen molar-refractivity contribution in [1.29, 1.82) is 0 Å². The molecule has 0 spiro atoms. The average molecular weight is 463 g/mol. The van der Waals surface area contributed by atoms with Crippen LogP contribution in [0.5, 0.6) is 0 Å². The van der Waals surface area contributed by atoms with E-state index >= 15 is 0 Å². The SMILES string of the molecule is CC(C)(C)CSc1cnc(N)c(N2C3CCC2CN(C(=O)c2ccc(F)cc2Cl)C3)c1. The molecule has 4 rings (SSSR count). The highest BCUT2D eigenvalue weighted by molar-refractivity contribution is 7.99. The second-order valence-corrected chi connectivity index (χ2v) is 11.0. The van der Waals surface area contributed by atoms with Gasteiger partial charge >= 0.3 is 0 Å². The van der Waals surface area contributed by atoms with Gasteiger partial charge in [-0.3, -0.25) is 4.79 Å². The minimum Gasteiger partial charge on any atom is -0.382 e. The third-order valence-electron chi connectivity index (χ3n) is 5.75. The fraction of sp³-hybridized carbons (Fsp3) is 0.478. The molecule has 2 N–H and O–H groups in total. The highest BCUT2D eigenvalue weighted by atomic mass is 35.5. The van der Waals surface area contributed by atoms with Crippen molar-refractivity contribution in [3.05, 3.63) is 46.9 Å². The number of piperazine rings is 1. The molecule has 2 aliphatic rings. The Hall–Kier alpha value is -1.99. The Bertz CT molecular complexity index is 982. The van der Waals surface area contributed by atoms with E-state index in [0.717, 1.165) is 29.2 Å².